The first-order chi connectivity index (χ1) is 16.5. The van der Waals surface area contributed by atoms with Crippen molar-refractivity contribution in [2.45, 2.75) is 39.7 Å². The standard InChI is InChI=1S/C26H35N3O5/c1-5-7-13-29(26(31)27-21-8-10-22(11-9-21)34-6-2)18-25(30)28-14-12-19-15-23(32-3)24(33-4)16-20(19)17-28/h8-11,15-16H,5-7,12-14,17-18H2,1-4H3,(H,27,31). The lowest BCUT2D eigenvalue weighted by Gasteiger charge is -2.32. The van der Waals surface area contributed by atoms with Gasteiger partial charge in [0, 0.05) is 25.3 Å². The van der Waals surface area contributed by atoms with Crippen LogP contribution < -0.4 is 19.5 Å². The summed E-state index contributed by atoms with van der Waals surface area (Å²) >= 11 is 0. The van der Waals surface area contributed by atoms with E-state index in [1.54, 1.807) is 36.2 Å². The summed E-state index contributed by atoms with van der Waals surface area (Å²) < 4.78 is 16.3. The zero-order valence-electron chi connectivity index (χ0n) is 20.6. The molecular weight excluding hydrogens is 434 g/mol. The molecule has 1 heterocycles. The number of rotatable bonds is 10. The number of nitrogens with zero attached hydrogens (tertiary/aromatic N) is 2. The van der Waals surface area contributed by atoms with Crippen LogP contribution in [0.2, 0.25) is 0 Å². The summed E-state index contributed by atoms with van der Waals surface area (Å²) in [6, 6.07) is 10.9. The number of fused-ring (bicyclic) bond motifs is 1. The van der Waals surface area contributed by atoms with Gasteiger partial charge in [-0.2, -0.15) is 0 Å². The number of urea groups is 1. The van der Waals surface area contributed by atoms with Crippen molar-refractivity contribution in [3.8, 4) is 17.2 Å². The van der Waals surface area contributed by atoms with Gasteiger partial charge in [-0.1, -0.05) is 13.3 Å². The van der Waals surface area contributed by atoms with Crippen LogP contribution in [-0.4, -0.2) is 62.2 Å². The molecule has 0 fully saturated rings. The Kier molecular flexibility index (Phi) is 9.01. The molecule has 3 amide bonds. The number of methoxy groups -OCH3 is 2. The monoisotopic (exact) mass is 469 g/mol. The van der Waals surface area contributed by atoms with Crippen LogP contribution in [0.4, 0.5) is 10.5 Å². The van der Waals surface area contributed by atoms with Crippen LogP contribution in [0, 0.1) is 0 Å². The topological polar surface area (TPSA) is 80.3 Å². The highest BCUT2D eigenvalue weighted by Crippen LogP contribution is 2.33. The van der Waals surface area contributed by atoms with Gasteiger partial charge in [0.25, 0.3) is 0 Å². The fraction of sp³-hybridized carbons (Fsp3) is 0.462. The van der Waals surface area contributed by atoms with Crippen molar-refractivity contribution in [2.75, 3.05) is 45.8 Å². The van der Waals surface area contributed by atoms with Crippen molar-refractivity contribution in [3.63, 3.8) is 0 Å². The average Bonchev–Trinajstić information content (AvgIpc) is 2.86. The van der Waals surface area contributed by atoms with Crippen molar-refractivity contribution >= 4 is 17.6 Å². The number of amides is 3. The van der Waals surface area contributed by atoms with Crippen LogP contribution in [0.1, 0.15) is 37.8 Å². The van der Waals surface area contributed by atoms with Gasteiger partial charge in [0.2, 0.25) is 5.91 Å². The Hall–Kier alpha value is -3.42. The van der Waals surface area contributed by atoms with Gasteiger partial charge in [-0.25, -0.2) is 4.79 Å². The van der Waals surface area contributed by atoms with Crippen LogP contribution in [0.15, 0.2) is 36.4 Å². The SMILES string of the molecule is CCCCN(CC(=O)N1CCc2cc(OC)c(OC)cc2C1)C(=O)Nc1ccc(OCC)cc1. The number of hydrogen-bond donors (Lipinski definition) is 1. The van der Waals surface area contributed by atoms with E-state index < -0.39 is 0 Å². The highest BCUT2D eigenvalue weighted by atomic mass is 16.5. The molecule has 2 aromatic carbocycles. The predicted molar refractivity (Wildman–Crippen MR) is 132 cm³/mol. The predicted octanol–water partition coefficient (Wildman–Crippen LogP) is 4.32. The summed E-state index contributed by atoms with van der Waals surface area (Å²) in [5.74, 6) is 2.02. The number of nitrogens with one attached hydrogen (secondary N) is 1. The molecule has 0 bridgehead atoms. The summed E-state index contributed by atoms with van der Waals surface area (Å²) in [6.07, 6.45) is 2.48. The minimum Gasteiger partial charge on any atom is -0.494 e. The third-order valence-electron chi connectivity index (χ3n) is 5.88. The maximum atomic E-state index is 13.2. The molecule has 1 aliphatic heterocycles. The molecule has 1 N–H and O–H groups in total. The third-order valence-corrected chi connectivity index (χ3v) is 5.88. The van der Waals surface area contributed by atoms with Gasteiger partial charge in [0.05, 0.1) is 20.8 Å². The van der Waals surface area contributed by atoms with E-state index in [1.807, 2.05) is 31.2 Å². The molecule has 0 atom stereocenters. The molecule has 0 saturated carbocycles. The van der Waals surface area contributed by atoms with E-state index in [2.05, 4.69) is 12.2 Å². The maximum absolute atomic E-state index is 13.2. The molecule has 0 saturated heterocycles. The van der Waals surface area contributed by atoms with Crippen LogP contribution in [0.25, 0.3) is 0 Å². The van der Waals surface area contributed by atoms with Gasteiger partial charge in [-0.3, -0.25) is 4.79 Å². The molecule has 0 aromatic heterocycles. The first kappa shape index (κ1) is 25.2. The fourth-order valence-electron chi connectivity index (χ4n) is 3.96. The van der Waals surface area contributed by atoms with Gasteiger partial charge in [-0.05, 0) is 67.3 Å². The average molecular weight is 470 g/mol. The van der Waals surface area contributed by atoms with Gasteiger partial charge >= 0.3 is 6.03 Å². The Morgan fingerprint density at radius 2 is 1.71 bits per heavy atom. The second-order valence-electron chi connectivity index (χ2n) is 8.20. The molecule has 0 unspecified atom stereocenters. The second-order valence-corrected chi connectivity index (χ2v) is 8.20. The Morgan fingerprint density at radius 1 is 1.03 bits per heavy atom. The second kappa shape index (κ2) is 12.2. The summed E-state index contributed by atoms with van der Waals surface area (Å²) in [7, 11) is 3.22. The number of carbonyl (C=O) groups is 2. The lowest BCUT2D eigenvalue weighted by molar-refractivity contribution is -0.132. The molecule has 1 aliphatic rings. The van der Waals surface area contributed by atoms with Gasteiger partial charge in [0.1, 0.15) is 12.3 Å². The number of ether oxygens (including phenoxy) is 3. The third kappa shape index (κ3) is 6.34. The normalized spacial score (nSPS) is 12.5. The van der Waals surface area contributed by atoms with Gasteiger partial charge < -0.3 is 29.3 Å². The van der Waals surface area contributed by atoms with Crippen molar-refractivity contribution in [1.82, 2.24) is 9.80 Å². The van der Waals surface area contributed by atoms with Crippen LogP contribution in [0.3, 0.4) is 0 Å². The number of anilines is 1. The largest absolute Gasteiger partial charge is 0.494 e. The maximum Gasteiger partial charge on any atom is 0.322 e. The zero-order valence-corrected chi connectivity index (χ0v) is 20.6. The molecule has 8 heteroatoms. The molecular formula is C26H35N3O5. The van der Waals surface area contributed by atoms with Crippen LogP contribution >= 0.6 is 0 Å². The van der Waals surface area contributed by atoms with Gasteiger partial charge in [0.15, 0.2) is 11.5 Å². The molecule has 0 radical (unpaired) electrons. The number of benzene rings is 2. The molecule has 3 rings (SSSR count). The minimum absolute atomic E-state index is 0.0332. The Morgan fingerprint density at radius 3 is 2.32 bits per heavy atom. The van der Waals surface area contributed by atoms with Gasteiger partial charge in [-0.15, -0.1) is 0 Å². The smallest absolute Gasteiger partial charge is 0.322 e. The van der Waals surface area contributed by atoms with E-state index in [4.69, 9.17) is 14.2 Å². The Labute approximate surface area is 201 Å². The van der Waals surface area contributed by atoms with E-state index in [9.17, 15) is 9.59 Å². The highest BCUT2D eigenvalue weighted by Gasteiger charge is 2.25. The zero-order chi connectivity index (χ0) is 24.5. The van der Waals surface area contributed by atoms with E-state index in [1.165, 1.54) is 0 Å². The quantitative estimate of drug-likeness (QED) is 0.561. The van der Waals surface area contributed by atoms with Crippen molar-refractivity contribution in [1.29, 1.82) is 0 Å². The Bertz CT molecular complexity index is 977. The summed E-state index contributed by atoms with van der Waals surface area (Å²) in [5, 5.41) is 2.90. The first-order valence-corrected chi connectivity index (χ1v) is 11.8. The number of unbranched alkanes of at least 4 members (excludes halogenated alkanes) is 1. The van der Waals surface area contributed by atoms with Crippen molar-refractivity contribution in [3.05, 3.63) is 47.5 Å². The number of hydrogen-bond acceptors (Lipinski definition) is 5. The van der Waals surface area contributed by atoms with E-state index in [0.717, 1.165) is 36.1 Å². The van der Waals surface area contributed by atoms with E-state index >= 15 is 0 Å². The van der Waals surface area contributed by atoms with Crippen molar-refractivity contribution in [2.24, 2.45) is 0 Å². The molecule has 34 heavy (non-hydrogen) atoms. The lowest BCUT2D eigenvalue weighted by atomic mass is 9.98. The number of carbonyl (C=O) groups excluding carboxylic acids is 2. The molecule has 0 spiro atoms. The molecule has 184 valence electrons. The highest BCUT2D eigenvalue weighted by molar-refractivity contribution is 5.92. The first-order valence-electron chi connectivity index (χ1n) is 11.8. The Balaban J connectivity index is 1.66. The van der Waals surface area contributed by atoms with Crippen LogP contribution in [0.5, 0.6) is 17.2 Å². The van der Waals surface area contributed by atoms with E-state index in [0.29, 0.717) is 43.4 Å². The summed E-state index contributed by atoms with van der Waals surface area (Å²) in [6.45, 7) is 6.20. The summed E-state index contributed by atoms with van der Waals surface area (Å²) in [4.78, 5) is 29.5. The molecule has 8 nitrogen and oxygen atoms in total. The molecule has 0 aliphatic carbocycles. The minimum atomic E-state index is -0.283. The molecule has 2 aromatic rings. The fourth-order valence-corrected chi connectivity index (χ4v) is 3.96. The van der Waals surface area contributed by atoms with Crippen LogP contribution in [-0.2, 0) is 17.8 Å². The summed E-state index contributed by atoms with van der Waals surface area (Å²) in [5.41, 5.74) is 2.85. The van der Waals surface area contributed by atoms with E-state index in [-0.39, 0.29) is 18.5 Å². The lowest BCUT2D eigenvalue weighted by Crippen LogP contribution is -2.46. The van der Waals surface area contributed by atoms with Crippen molar-refractivity contribution < 1.29 is 23.8 Å².